The van der Waals surface area contributed by atoms with E-state index in [1.807, 2.05) is 25.1 Å². The number of carboxylic acids is 1. The van der Waals surface area contributed by atoms with E-state index in [4.69, 9.17) is 5.11 Å². The summed E-state index contributed by atoms with van der Waals surface area (Å²) in [5, 5.41) is 14.3. The first-order valence-electron chi connectivity index (χ1n) is 6.49. The van der Waals surface area contributed by atoms with Crippen LogP contribution in [0.25, 0.3) is 0 Å². The van der Waals surface area contributed by atoms with Gasteiger partial charge >= 0.3 is 12.0 Å². The molecule has 5 nitrogen and oxygen atoms in total. The van der Waals surface area contributed by atoms with Gasteiger partial charge in [-0.3, -0.25) is 4.79 Å². The Hall–Kier alpha value is -2.82. The lowest BCUT2D eigenvalue weighted by atomic mass is 10.1. The average molecular weight is 284 g/mol. The van der Waals surface area contributed by atoms with Crippen LogP contribution in [0, 0.1) is 6.92 Å². The molecule has 0 fully saturated rings. The van der Waals surface area contributed by atoms with Crippen LogP contribution in [0.2, 0.25) is 0 Å². The van der Waals surface area contributed by atoms with Crippen molar-refractivity contribution >= 4 is 23.4 Å². The lowest BCUT2D eigenvalue weighted by Crippen LogP contribution is -2.21. The second-order valence-corrected chi connectivity index (χ2v) is 4.62. The molecule has 2 aromatic carbocycles. The minimum absolute atomic E-state index is 0.138. The van der Waals surface area contributed by atoms with E-state index in [1.54, 1.807) is 30.3 Å². The van der Waals surface area contributed by atoms with Crippen molar-refractivity contribution in [3.63, 3.8) is 0 Å². The summed E-state index contributed by atoms with van der Waals surface area (Å²) in [6.45, 7) is 1.90. The molecule has 0 bridgehead atoms. The van der Waals surface area contributed by atoms with Crippen molar-refractivity contribution in [2.24, 2.45) is 0 Å². The highest BCUT2D eigenvalue weighted by Gasteiger charge is 2.09. The Morgan fingerprint density at radius 3 is 2.19 bits per heavy atom. The third-order valence-corrected chi connectivity index (χ3v) is 3.00. The highest BCUT2D eigenvalue weighted by Crippen LogP contribution is 2.17. The predicted octanol–water partition coefficient (Wildman–Crippen LogP) is 3.27. The van der Waals surface area contributed by atoms with Crippen molar-refractivity contribution in [3.05, 3.63) is 59.7 Å². The zero-order valence-corrected chi connectivity index (χ0v) is 11.6. The van der Waals surface area contributed by atoms with Crippen LogP contribution in [0.4, 0.5) is 16.2 Å². The maximum absolute atomic E-state index is 12.0. The fraction of sp³-hybridized carbons (Fsp3) is 0.125. The molecule has 0 unspecified atom stereocenters. The molecule has 0 aliphatic heterocycles. The maximum atomic E-state index is 12.0. The molecule has 0 radical (unpaired) electrons. The number of para-hydroxylation sites is 2. The monoisotopic (exact) mass is 284 g/mol. The van der Waals surface area contributed by atoms with Crippen molar-refractivity contribution in [1.29, 1.82) is 0 Å². The van der Waals surface area contributed by atoms with Crippen LogP contribution >= 0.6 is 0 Å². The molecule has 0 aliphatic rings. The van der Waals surface area contributed by atoms with E-state index in [9.17, 15) is 9.59 Å². The second kappa shape index (κ2) is 6.56. The summed E-state index contributed by atoms with van der Waals surface area (Å²) in [4.78, 5) is 22.8. The molecule has 0 saturated heterocycles. The van der Waals surface area contributed by atoms with Gasteiger partial charge in [0.05, 0.1) is 6.42 Å². The van der Waals surface area contributed by atoms with E-state index >= 15 is 0 Å². The van der Waals surface area contributed by atoms with Gasteiger partial charge in [0, 0.05) is 11.4 Å². The molecule has 108 valence electrons. The lowest BCUT2D eigenvalue weighted by molar-refractivity contribution is -0.136. The molecule has 21 heavy (non-hydrogen) atoms. The van der Waals surface area contributed by atoms with Crippen LogP contribution in [-0.4, -0.2) is 17.1 Å². The number of aryl methyl sites for hydroxylation is 1. The van der Waals surface area contributed by atoms with Crippen LogP contribution in [0.1, 0.15) is 11.1 Å². The SMILES string of the molecule is Cc1ccccc1NC(=O)Nc1ccccc1CC(=O)O. The Morgan fingerprint density at radius 1 is 0.952 bits per heavy atom. The highest BCUT2D eigenvalue weighted by atomic mass is 16.4. The van der Waals surface area contributed by atoms with Crippen LogP contribution in [0.15, 0.2) is 48.5 Å². The number of aliphatic carboxylic acids is 1. The van der Waals surface area contributed by atoms with Crippen LogP contribution < -0.4 is 10.6 Å². The van der Waals surface area contributed by atoms with Crippen LogP contribution in [0.5, 0.6) is 0 Å². The Morgan fingerprint density at radius 2 is 1.52 bits per heavy atom. The van der Waals surface area contributed by atoms with Gasteiger partial charge in [-0.15, -0.1) is 0 Å². The first kappa shape index (κ1) is 14.6. The molecule has 0 aromatic heterocycles. The van der Waals surface area contributed by atoms with Crippen molar-refractivity contribution in [2.75, 3.05) is 10.6 Å². The summed E-state index contributed by atoms with van der Waals surface area (Å²) < 4.78 is 0. The van der Waals surface area contributed by atoms with Crippen molar-refractivity contribution < 1.29 is 14.7 Å². The lowest BCUT2D eigenvalue weighted by Gasteiger charge is -2.12. The van der Waals surface area contributed by atoms with Crippen molar-refractivity contribution in [3.8, 4) is 0 Å². The van der Waals surface area contributed by atoms with Crippen LogP contribution in [-0.2, 0) is 11.2 Å². The van der Waals surface area contributed by atoms with Gasteiger partial charge < -0.3 is 15.7 Å². The molecule has 0 spiro atoms. The van der Waals surface area contributed by atoms with E-state index < -0.39 is 12.0 Å². The molecule has 3 N–H and O–H groups in total. The largest absolute Gasteiger partial charge is 0.481 e. The number of amides is 2. The summed E-state index contributed by atoms with van der Waals surface area (Å²) in [5.41, 5.74) is 2.72. The van der Waals surface area contributed by atoms with E-state index in [-0.39, 0.29) is 6.42 Å². The fourth-order valence-corrected chi connectivity index (χ4v) is 1.95. The number of hydrogen-bond donors (Lipinski definition) is 3. The van der Waals surface area contributed by atoms with E-state index in [0.29, 0.717) is 16.9 Å². The van der Waals surface area contributed by atoms with Gasteiger partial charge in [-0.2, -0.15) is 0 Å². The number of carbonyl (C=O) groups excluding carboxylic acids is 1. The average Bonchev–Trinajstić information content (AvgIpc) is 2.43. The van der Waals surface area contributed by atoms with Crippen LogP contribution in [0.3, 0.4) is 0 Å². The number of rotatable bonds is 4. The van der Waals surface area contributed by atoms with Crippen molar-refractivity contribution in [2.45, 2.75) is 13.3 Å². The number of carbonyl (C=O) groups is 2. The molecule has 0 saturated carbocycles. The number of nitrogens with one attached hydrogen (secondary N) is 2. The van der Waals surface area contributed by atoms with Gasteiger partial charge in [0.1, 0.15) is 0 Å². The zero-order valence-electron chi connectivity index (χ0n) is 11.6. The molecule has 0 atom stereocenters. The van der Waals surface area contributed by atoms with Gasteiger partial charge in [-0.1, -0.05) is 36.4 Å². The van der Waals surface area contributed by atoms with Gasteiger partial charge in [-0.25, -0.2) is 4.79 Å². The third kappa shape index (κ3) is 4.07. The summed E-state index contributed by atoms with van der Waals surface area (Å²) in [6.07, 6.45) is -0.138. The summed E-state index contributed by atoms with van der Waals surface area (Å²) in [7, 11) is 0. The Balaban J connectivity index is 2.10. The number of benzene rings is 2. The summed E-state index contributed by atoms with van der Waals surface area (Å²) >= 11 is 0. The van der Waals surface area contributed by atoms with Gasteiger partial charge in [0.25, 0.3) is 0 Å². The molecule has 2 rings (SSSR count). The number of carboxylic acid groups (broad SMARTS) is 1. The van der Waals surface area contributed by atoms with Crippen molar-refractivity contribution in [1.82, 2.24) is 0 Å². The molecular weight excluding hydrogens is 268 g/mol. The topological polar surface area (TPSA) is 78.4 Å². The fourth-order valence-electron chi connectivity index (χ4n) is 1.95. The molecule has 5 heteroatoms. The zero-order chi connectivity index (χ0) is 15.2. The number of anilines is 2. The molecular formula is C16H16N2O3. The molecule has 0 heterocycles. The standard InChI is InChI=1S/C16H16N2O3/c1-11-6-2-4-8-13(11)17-16(21)18-14-9-5-3-7-12(14)10-15(19)20/h2-9H,10H2,1H3,(H,19,20)(H2,17,18,21). The smallest absolute Gasteiger partial charge is 0.323 e. The normalized spacial score (nSPS) is 9.95. The summed E-state index contributed by atoms with van der Waals surface area (Å²) in [6, 6.07) is 13.9. The summed E-state index contributed by atoms with van der Waals surface area (Å²) in [5.74, 6) is -0.941. The van der Waals surface area contributed by atoms with Gasteiger partial charge in [0.2, 0.25) is 0 Å². The maximum Gasteiger partial charge on any atom is 0.323 e. The minimum atomic E-state index is -0.941. The molecule has 2 aromatic rings. The minimum Gasteiger partial charge on any atom is -0.481 e. The third-order valence-electron chi connectivity index (χ3n) is 3.00. The van der Waals surface area contributed by atoms with E-state index in [0.717, 1.165) is 5.56 Å². The Kier molecular flexibility index (Phi) is 4.56. The number of hydrogen-bond acceptors (Lipinski definition) is 2. The second-order valence-electron chi connectivity index (χ2n) is 4.62. The van der Waals surface area contributed by atoms with Gasteiger partial charge in [-0.05, 0) is 30.2 Å². The first-order valence-corrected chi connectivity index (χ1v) is 6.49. The van der Waals surface area contributed by atoms with Gasteiger partial charge in [0.15, 0.2) is 0 Å². The van der Waals surface area contributed by atoms with E-state index in [2.05, 4.69) is 10.6 Å². The number of urea groups is 1. The van der Waals surface area contributed by atoms with E-state index in [1.165, 1.54) is 0 Å². The molecule has 2 amide bonds. The Bertz CT molecular complexity index is 668. The first-order chi connectivity index (χ1) is 10.1. The molecule has 0 aliphatic carbocycles. The highest BCUT2D eigenvalue weighted by molar-refractivity contribution is 6.00. The quantitative estimate of drug-likeness (QED) is 0.806. The predicted molar refractivity (Wildman–Crippen MR) is 81.6 cm³/mol. The Labute approximate surface area is 122 Å².